The first-order chi connectivity index (χ1) is 4.17. The van der Waals surface area contributed by atoms with Gasteiger partial charge in [-0.25, -0.2) is 13.4 Å². The van der Waals surface area contributed by atoms with E-state index in [-0.39, 0.29) is 11.6 Å². The minimum atomic E-state index is -3.19. The van der Waals surface area contributed by atoms with Gasteiger partial charge in [0.25, 0.3) is 0 Å². The first-order valence-electron chi connectivity index (χ1n) is 2.35. The second-order valence-corrected chi connectivity index (χ2v) is 3.39. The van der Waals surface area contributed by atoms with E-state index in [0.717, 1.165) is 5.41 Å². The Morgan fingerprint density at radius 2 is 2.33 bits per heavy atom. The van der Waals surface area contributed by atoms with Crippen molar-refractivity contribution in [2.45, 2.75) is 0 Å². The Balaban J connectivity index is 3.07. The number of sulfone groups is 1. The van der Waals surface area contributed by atoms with Crippen LogP contribution >= 0.6 is 0 Å². The van der Waals surface area contributed by atoms with E-state index in [9.17, 15) is 8.42 Å². The molecule has 1 heterocycles. The van der Waals surface area contributed by atoms with Crippen molar-refractivity contribution in [3.05, 3.63) is 11.6 Å². The maximum absolute atomic E-state index is 10.7. The topological polar surface area (TPSA) is 72.5 Å². The zero-order valence-electron chi connectivity index (χ0n) is 4.61. The van der Waals surface area contributed by atoms with E-state index < -0.39 is 9.84 Å². The van der Waals surface area contributed by atoms with E-state index in [1.54, 1.807) is 0 Å². The van der Waals surface area contributed by atoms with Gasteiger partial charge in [0.05, 0.1) is 5.41 Å². The molecule has 9 heavy (non-hydrogen) atoms. The van der Waals surface area contributed by atoms with Crippen molar-refractivity contribution in [3.63, 3.8) is 0 Å². The molecular formula is C4H6N2O2S. The van der Waals surface area contributed by atoms with Crippen LogP contribution in [0.1, 0.15) is 0 Å². The standard InChI is InChI=1S/C4H6N2O2S/c5-3-4-6-1-2-9(4,7)8/h1-2H,3,5H2. The summed E-state index contributed by atoms with van der Waals surface area (Å²) in [5, 5.41) is 1.08. The van der Waals surface area contributed by atoms with Crippen molar-refractivity contribution in [2.24, 2.45) is 10.7 Å². The van der Waals surface area contributed by atoms with Crippen molar-refractivity contribution in [1.82, 2.24) is 0 Å². The fourth-order valence-electron chi connectivity index (χ4n) is 0.515. The molecule has 0 spiro atoms. The van der Waals surface area contributed by atoms with Gasteiger partial charge in [-0.15, -0.1) is 0 Å². The molecule has 0 aromatic rings. The fourth-order valence-corrected chi connectivity index (χ4v) is 1.33. The molecule has 0 saturated heterocycles. The molecule has 4 nitrogen and oxygen atoms in total. The average molecular weight is 146 g/mol. The lowest BCUT2D eigenvalue weighted by atomic mass is 10.7. The molecule has 0 radical (unpaired) electrons. The molecule has 0 aromatic heterocycles. The first kappa shape index (κ1) is 6.44. The van der Waals surface area contributed by atoms with E-state index in [4.69, 9.17) is 5.73 Å². The second kappa shape index (κ2) is 1.93. The van der Waals surface area contributed by atoms with Crippen LogP contribution < -0.4 is 5.73 Å². The molecule has 0 saturated carbocycles. The normalized spacial score (nSPS) is 22.1. The summed E-state index contributed by atoms with van der Waals surface area (Å²) in [5.74, 6) is 0. The third-order valence-corrected chi connectivity index (χ3v) is 2.37. The minimum absolute atomic E-state index is 0.0185. The number of hydrogen-bond acceptors (Lipinski definition) is 4. The Hall–Kier alpha value is -0.680. The average Bonchev–Trinajstić information content (AvgIpc) is 2.08. The van der Waals surface area contributed by atoms with Crippen molar-refractivity contribution in [3.8, 4) is 0 Å². The first-order valence-corrected chi connectivity index (χ1v) is 3.90. The molecule has 5 heteroatoms. The summed E-state index contributed by atoms with van der Waals surface area (Å²) in [7, 11) is -3.19. The maximum Gasteiger partial charge on any atom is 0.215 e. The summed E-state index contributed by atoms with van der Waals surface area (Å²) < 4.78 is 21.4. The van der Waals surface area contributed by atoms with Crippen LogP contribution in [0, 0.1) is 0 Å². The summed E-state index contributed by atoms with van der Waals surface area (Å²) in [6, 6.07) is 0. The summed E-state index contributed by atoms with van der Waals surface area (Å²) in [4.78, 5) is 3.53. The smallest absolute Gasteiger partial charge is 0.215 e. The largest absolute Gasteiger partial charge is 0.325 e. The Kier molecular flexibility index (Phi) is 1.38. The number of nitrogens with zero attached hydrogens (tertiary/aromatic N) is 1. The van der Waals surface area contributed by atoms with Gasteiger partial charge in [0.15, 0.2) is 0 Å². The molecule has 1 rings (SSSR count). The monoisotopic (exact) mass is 146 g/mol. The quantitative estimate of drug-likeness (QED) is 0.528. The van der Waals surface area contributed by atoms with Gasteiger partial charge in [0.2, 0.25) is 9.84 Å². The van der Waals surface area contributed by atoms with E-state index >= 15 is 0 Å². The summed E-state index contributed by atoms with van der Waals surface area (Å²) in [6.07, 6.45) is 1.23. The molecule has 0 amide bonds. The predicted octanol–water partition coefficient (Wildman–Crippen LogP) is -0.757. The summed E-state index contributed by atoms with van der Waals surface area (Å²) in [6.45, 7) is -0.0185. The molecule has 0 bridgehead atoms. The Labute approximate surface area is 53.0 Å². The number of hydrogen-bond donors (Lipinski definition) is 1. The lowest BCUT2D eigenvalue weighted by molar-refractivity contribution is 0.615. The lowest BCUT2D eigenvalue weighted by Gasteiger charge is -1.90. The van der Waals surface area contributed by atoms with E-state index in [1.165, 1.54) is 6.20 Å². The van der Waals surface area contributed by atoms with Gasteiger partial charge in [-0.1, -0.05) is 0 Å². The number of nitrogens with two attached hydrogens (primary N) is 1. The van der Waals surface area contributed by atoms with Gasteiger partial charge in [0.1, 0.15) is 5.04 Å². The van der Waals surface area contributed by atoms with Gasteiger partial charge < -0.3 is 5.73 Å². The second-order valence-electron chi connectivity index (χ2n) is 1.56. The van der Waals surface area contributed by atoms with Crippen LogP contribution in [0.2, 0.25) is 0 Å². The Bertz CT molecular complexity index is 262. The van der Waals surface area contributed by atoms with Crippen molar-refractivity contribution in [1.29, 1.82) is 0 Å². The molecule has 50 valence electrons. The fraction of sp³-hybridized carbons (Fsp3) is 0.250. The van der Waals surface area contributed by atoms with Crippen LogP contribution in [0.5, 0.6) is 0 Å². The summed E-state index contributed by atoms with van der Waals surface area (Å²) in [5.41, 5.74) is 5.06. The molecule has 0 aromatic carbocycles. The zero-order chi connectivity index (χ0) is 6.91. The SMILES string of the molecule is NCC1=NC=CS1(=O)=O. The third kappa shape index (κ3) is 1.01. The highest BCUT2D eigenvalue weighted by Gasteiger charge is 2.17. The van der Waals surface area contributed by atoms with Gasteiger partial charge in [-0.3, -0.25) is 0 Å². The maximum atomic E-state index is 10.7. The van der Waals surface area contributed by atoms with Crippen LogP contribution in [-0.2, 0) is 9.84 Å². The Morgan fingerprint density at radius 3 is 2.56 bits per heavy atom. The van der Waals surface area contributed by atoms with Gasteiger partial charge in [0, 0.05) is 12.7 Å². The predicted molar refractivity (Wildman–Crippen MR) is 34.5 cm³/mol. The van der Waals surface area contributed by atoms with Crippen molar-refractivity contribution < 1.29 is 8.42 Å². The molecule has 2 N–H and O–H groups in total. The van der Waals surface area contributed by atoms with Crippen LogP contribution in [0.3, 0.4) is 0 Å². The molecule has 0 unspecified atom stereocenters. The summed E-state index contributed by atoms with van der Waals surface area (Å²) >= 11 is 0. The highest BCUT2D eigenvalue weighted by Crippen LogP contribution is 2.03. The van der Waals surface area contributed by atoms with Crippen LogP contribution in [0.25, 0.3) is 0 Å². The van der Waals surface area contributed by atoms with Gasteiger partial charge >= 0.3 is 0 Å². The highest BCUT2D eigenvalue weighted by molar-refractivity contribution is 8.09. The van der Waals surface area contributed by atoms with Crippen LogP contribution in [0.15, 0.2) is 16.6 Å². The van der Waals surface area contributed by atoms with Crippen LogP contribution in [-0.4, -0.2) is 20.0 Å². The molecule has 0 atom stereocenters. The Morgan fingerprint density at radius 1 is 1.67 bits per heavy atom. The zero-order valence-corrected chi connectivity index (χ0v) is 5.43. The molecular weight excluding hydrogens is 140 g/mol. The van der Waals surface area contributed by atoms with Crippen molar-refractivity contribution >= 4 is 14.9 Å². The molecule has 1 aliphatic rings. The molecule has 0 aliphatic carbocycles. The highest BCUT2D eigenvalue weighted by atomic mass is 32.2. The lowest BCUT2D eigenvalue weighted by Crippen LogP contribution is -2.19. The number of aliphatic imine (C=N–C) groups is 1. The van der Waals surface area contributed by atoms with Crippen LogP contribution in [0.4, 0.5) is 0 Å². The van der Waals surface area contributed by atoms with E-state index in [2.05, 4.69) is 4.99 Å². The van der Waals surface area contributed by atoms with E-state index in [0.29, 0.717) is 0 Å². The molecule has 0 fully saturated rings. The van der Waals surface area contributed by atoms with Gasteiger partial charge in [-0.05, 0) is 0 Å². The molecule has 1 aliphatic heterocycles. The van der Waals surface area contributed by atoms with Crippen molar-refractivity contribution in [2.75, 3.05) is 6.54 Å². The van der Waals surface area contributed by atoms with E-state index in [1.807, 2.05) is 0 Å². The third-order valence-electron chi connectivity index (χ3n) is 0.962. The minimum Gasteiger partial charge on any atom is -0.325 e. The number of rotatable bonds is 1. The van der Waals surface area contributed by atoms with Gasteiger partial charge in [-0.2, -0.15) is 0 Å².